The first-order chi connectivity index (χ1) is 10.1. The van der Waals surface area contributed by atoms with E-state index in [1.54, 1.807) is 44.4 Å². The summed E-state index contributed by atoms with van der Waals surface area (Å²) >= 11 is 0. The lowest BCUT2D eigenvalue weighted by Gasteiger charge is -2.11. The van der Waals surface area contributed by atoms with E-state index in [0.717, 1.165) is 5.56 Å². The van der Waals surface area contributed by atoms with Crippen LogP contribution < -0.4 is 14.2 Å². The van der Waals surface area contributed by atoms with Gasteiger partial charge in [0.2, 0.25) is 0 Å². The van der Waals surface area contributed by atoms with Crippen LogP contribution in [0.2, 0.25) is 0 Å². The minimum absolute atomic E-state index is 0.600. The molecular weight excluding hydrogens is 272 g/mol. The Morgan fingerprint density at radius 2 is 1.43 bits per heavy atom. The van der Waals surface area contributed by atoms with E-state index in [0.29, 0.717) is 28.9 Å². The predicted molar refractivity (Wildman–Crippen MR) is 78.6 cm³/mol. The van der Waals surface area contributed by atoms with Gasteiger partial charge in [-0.05, 0) is 19.9 Å². The summed E-state index contributed by atoms with van der Waals surface area (Å²) in [4.78, 5) is 0. The van der Waals surface area contributed by atoms with Crippen molar-refractivity contribution < 1.29 is 14.2 Å². The van der Waals surface area contributed by atoms with Crippen molar-refractivity contribution in [3.63, 3.8) is 0 Å². The zero-order valence-electron chi connectivity index (χ0n) is 12.7. The summed E-state index contributed by atoms with van der Waals surface area (Å²) in [6.45, 7) is 3.67. The molecule has 0 aliphatic carbocycles. The van der Waals surface area contributed by atoms with Crippen LogP contribution in [0.3, 0.4) is 0 Å². The summed E-state index contributed by atoms with van der Waals surface area (Å²) in [6, 6.07) is 3.56. The van der Waals surface area contributed by atoms with E-state index in [4.69, 9.17) is 14.2 Å². The second-order valence-corrected chi connectivity index (χ2v) is 4.30. The maximum Gasteiger partial charge on any atom is 0.164 e. The zero-order valence-corrected chi connectivity index (χ0v) is 12.7. The van der Waals surface area contributed by atoms with Crippen molar-refractivity contribution in [2.45, 2.75) is 13.8 Å². The van der Waals surface area contributed by atoms with Crippen molar-refractivity contribution in [1.29, 1.82) is 0 Å². The second kappa shape index (κ2) is 6.25. The molecule has 1 heterocycles. The van der Waals surface area contributed by atoms with Gasteiger partial charge in [0.05, 0.1) is 27.5 Å². The van der Waals surface area contributed by atoms with Crippen molar-refractivity contribution in [3.05, 3.63) is 29.3 Å². The highest BCUT2D eigenvalue weighted by Gasteiger charge is 2.11. The van der Waals surface area contributed by atoms with Crippen LogP contribution in [0.15, 0.2) is 17.2 Å². The average Bonchev–Trinajstić information content (AvgIpc) is 2.83. The first-order valence-corrected chi connectivity index (χ1v) is 6.33. The number of aryl methyl sites for hydroxylation is 2. The van der Waals surface area contributed by atoms with Crippen LogP contribution in [0, 0.1) is 13.8 Å². The van der Waals surface area contributed by atoms with E-state index in [-0.39, 0.29) is 0 Å². The fourth-order valence-electron chi connectivity index (χ4n) is 1.90. The molecule has 2 rings (SSSR count). The number of benzene rings is 1. The van der Waals surface area contributed by atoms with E-state index >= 15 is 0 Å². The lowest BCUT2D eigenvalue weighted by Crippen LogP contribution is -1.99. The first-order valence-electron chi connectivity index (χ1n) is 6.33. The quantitative estimate of drug-likeness (QED) is 0.785. The van der Waals surface area contributed by atoms with Gasteiger partial charge in [0, 0.05) is 11.6 Å². The van der Waals surface area contributed by atoms with Crippen molar-refractivity contribution in [2.75, 3.05) is 21.3 Å². The van der Waals surface area contributed by atoms with Gasteiger partial charge in [-0.25, -0.2) is 4.68 Å². The lowest BCUT2D eigenvalue weighted by atomic mass is 10.2. The molecule has 0 saturated heterocycles. The van der Waals surface area contributed by atoms with Crippen molar-refractivity contribution in [3.8, 4) is 17.2 Å². The molecule has 0 N–H and O–H groups in total. The van der Waals surface area contributed by atoms with Gasteiger partial charge in [0.15, 0.2) is 23.1 Å². The number of ether oxygens (including phenoxy) is 3. The molecule has 112 valence electrons. The fraction of sp³-hybridized carbons (Fsp3) is 0.357. The Labute approximate surface area is 123 Å². The molecule has 0 aliphatic rings. The van der Waals surface area contributed by atoms with E-state index in [1.807, 2.05) is 13.8 Å². The Bertz CT molecular complexity index is 645. The smallest absolute Gasteiger partial charge is 0.164 e. The summed E-state index contributed by atoms with van der Waals surface area (Å²) in [7, 11) is 4.75. The van der Waals surface area contributed by atoms with Crippen LogP contribution >= 0.6 is 0 Å². The number of rotatable bonds is 5. The molecule has 0 bridgehead atoms. The minimum Gasteiger partial charge on any atom is -0.496 e. The molecule has 0 spiro atoms. The standard InChI is InChI=1S/C14H18N4O3/c1-9-16-17-10(2)18(9)15-8-11-6-13(20-4)14(21-5)7-12(11)19-3/h6-8H,1-5H3/b15-8+. The summed E-state index contributed by atoms with van der Waals surface area (Å²) in [5.74, 6) is 3.27. The van der Waals surface area contributed by atoms with Gasteiger partial charge in [-0.1, -0.05) is 0 Å². The van der Waals surface area contributed by atoms with E-state index in [9.17, 15) is 0 Å². The zero-order chi connectivity index (χ0) is 15.4. The topological polar surface area (TPSA) is 70.8 Å². The predicted octanol–water partition coefficient (Wildman–Crippen LogP) is 1.80. The maximum atomic E-state index is 5.35. The van der Waals surface area contributed by atoms with Crippen LogP contribution in [-0.2, 0) is 0 Å². The number of aromatic nitrogens is 3. The molecule has 21 heavy (non-hydrogen) atoms. The van der Waals surface area contributed by atoms with Gasteiger partial charge >= 0.3 is 0 Å². The van der Waals surface area contributed by atoms with Gasteiger partial charge in [0.25, 0.3) is 0 Å². The Morgan fingerprint density at radius 1 is 0.905 bits per heavy atom. The van der Waals surface area contributed by atoms with Crippen molar-refractivity contribution in [1.82, 2.24) is 14.9 Å². The van der Waals surface area contributed by atoms with Crippen LogP contribution in [-0.4, -0.2) is 42.4 Å². The summed E-state index contributed by atoms with van der Waals surface area (Å²) < 4.78 is 17.5. The average molecular weight is 290 g/mol. The third kappa shape index (κ3) is 2.96. The summed E-state index contributed by atoms with van der Waals surface area (Å²) in [6.07, 6.45) is 1.67. The lowest BCUT2D eigenvalue weighted by molar-refractivity contribution is 0.349. The molecule has 7 heteroatoms. The third-order valence-electron chi connectivity index (χ3n) is 3.00. The fourth-order valence-corrected chi connectivity index (χ4v) is 1.90. The second-order valence-electron chi connectivity index (χ2n) is 4.30. The number of methoxy groups -OCH3 is 3. The Kier molecular flexibility index (Phi) is 4.42. The van der Waals surface area contributed by atoms with Crippen molar-refractivity contribution >= 4 is 6.21 Å². The molecule has 2 aromatic rings. The third-order valence-corrected chi connectivity index (χ3v) is 3.00. The van der Waals surface area contributed by atoms with Gasteiger partial charge in [-0.15, -0.1) is 10.2 Å². The van der Waals surface area contributed by atoms with E-state index in [1.165, 1.54) is 0 Å². The largest absolute Gasteiger partial charge is 0.496 e. The SMILES string of the molecule is COc1cc(OC)c(OC)cc1/C=N/n1c(C)nnc1C. The van der Waals surface area contributed by atoms with Crippen LogP contribution in [0.4, 0.5) is 0 Å². The minimum atomic E-state index is 0.600. The maximum absolute atomic E-state index is 5.35. The number of nitrogens with zero attached hydrogens (tertiary/aromatic N) is 4. The summed E-state index contributed by atoms with van der Waals surface area (Å²) in [5, 5.41) is 12.3. The van der Waals surface area contributed by atoms with Crippen LogP contribution in [0.1, 0.15) is 17.2 Å². The molecule has 1 aromatic carbocycles. The molecule has 0 aliphatic heterocycles. The van der Waals surface area contributed by atoms with Crippen LogP contribution in [0.25, 0.3) is 0 Å². The normalized spacial score (nSPS) is 10.9. The van der Waals surface area contributed by atoms with Gasteiger partial charge in [-0.3, -0.25) is 0 Å². The van der Waals surface area contributed by atoms with Gasteiger partial charge < -0.3 is 14.2 Å². The van der Waals surface area contributed by atoms with E-state index < -0.39 is 0 Å². The van der Waals surface area contributed by atoms with E-state index in [2.05, 4.69) is 15.3 Å². The molecule has 0 amide bonds. The van der Waals surface area contributed by atoms with Crippen LogP contribution in [0.5, 0.6) is 17.2 Å². The first kappa shape index (κ1) is 14.8. The Morgan fingerprint density at radius 3 is 1.95 bits per heavy atom. The number of hydrogen-bond acceptors (Lipinski definition) is 6. The highest BCUT2D eigenvalue weighted by atomic mass is 16.5. The molecule has 0 atom stereocenters. The molecule has 0 unspecified atom stereocenters. The molecule has 0 radical (unpaired) electrons. The highest BCUT2D eigenvalue weighted by molar-refractivity contribution is 5.85. The number of hydrogen-bond donors (Lipinski definition) is 0. The Hall–Kier alpha value is -2.57. The highest BCUT2D eigenvalue weighted by Crippen LogP contribution is 2.33. The molecule has 0 fully saturated rings. The Balaban J connectivity index is 2.43. The monoisotopic (exact) mass is 290 g/mol. The molecular formula is C14H18N4O3. The molecule has 7 nitrogen and oxygen atoms in total. The molecule has 0 saturated carbocycles. The summed E-state index contributed by atoms with van der Waals surface area (Å²) in [5.41, 5.74) is 0.766. The van der Waals surface area contributed by atoms with Crippen molar-refractivity contribution in [2.24, 2.45) is 5.10 Å². The van der Waals surface area contributed by atoms with Gasteiger partial charge in [-0.2, -0.15) is 5.10 Å². The molecule has 1 aromatic heterocycles. The van der Waals surface area contributed by atoms with Gasteiger partial charge in [0.1, 0.15) is 5.75 Å².